The predicted molar refractivity (Wildman–Crippen MR) is 109 cm³/mol. The quantitative estimate of drug-likeness (QED) is 0.669. The number of rotatable bonds is 4. The number of amides is 1. The number of nitrogens with one attached hydrogen (secondary N) is 1. The molecule has 1 N–H and O–H groups in total. The highest BCUT2D eigenvalue weighted by molar-refractivity contribution is 5.94. The van der Waals surface area contributed by atoms with Gasteiger partial charge in [0.1, 0.15) is 11.6 Å². The highest BCUT2D eigenvalue weighted by Crippen LogP contribution is 2.48. The number of carbonyl (C=O) groups excluding carboxylic acids is 1. The van der Waals surface area contributed by atoms with E-state index in [2.05, 4.69) is 10.3 Å². The molecular weight excluding hydrogens is 386 g/mol. The maximum Gasteiger partial charge on any atom is 0.230 e. The Kier molecular flexibility index (Phi) is 4.79. The minimum atomic E-state index is -0.594. The fourth-order valence-corrected chi connectivity index (χ4v) is 4.68. The third kappa shape index (κ3) is 3.27. The normalized spacial score (nSPS) is 24.7. The Balaban J connectivity index is 1.39. The molecule has 2 bridgehead atoms. The topological polar surface area (TPSA) is 51.2 Å². The van der Waals surface area contributed by atoms with Crippen molar-refractivity contribution < 1.29 is 18.3 Å². The number of pyridine rings is 1. The average Bonchev–Trinajstić information content (AvgIpc) is 3.37. The zero-order valence-electron chi connectivity index (χ0n) is 16.1. The second-order valence-electron chi connectivity index (χ2n) is 7.76. The molecule has 0 saturated carbocycles. The standard InChI is InChI=1S/C24H20F2N2O2/c25-17-6-2-1-5-15(17)16-9-8-14(13-18(16)26)28-24(29)23-21-11-10-20(30-21)22(23)19-7-3-4-12-27-19/h1-9,12-13,20-23H,10-11H2,(H,28,29). The first-order valence-electron chi connectivity index (χ1n) is 10.0. The van der Waals surface area contributed by atoms with E-state index in [1.807, 2.05) is 18.2 Å². The van der Waals surface area contributed by atoms with Crippen LogP contribution in [0.3, 0.4) is 0 Å². The molecular formula is C24H20F2N2O2. The number of benzene rings is 2. The second-order valence-corrected chi connectivity index (χ2v) is 7.76. The maximum absolute atomic E-state index is 14.7. The van der Waals surface area contributed by atoms with Gasteiger partial charge in [-0.05, 0) is 49.2 Å². The molecule has 4 atom stereocenters. The summed E-state index contributed by atoms with van der Waals surface area (Å²) in [5.74, 6) is -1.80. The summed E-state index contributed by atoms with van der Waals surface area (Å²) in [6.07, 6.45) is 3.26. The molecule has 0 aliphatic carbocycles. The fourth-order valence-electron chi connectivity index (χ4n) is 4.68. The van der Waals surface area contributed by atoms with Crippen molar-refractivity contribution in [1.29, 1.82) is 0 Å². The molecule has 4 nitrogen and oxygen atoms in total. The zero-order chi connectivity index (χ0) is 20.7. The number of fused-ring (bicyclic) bond motifs is 2. The van der Waals surface area contributed by atoms with Gasteiger partial charge in [0.2, 0.25) is 5.91 Å². The molecule has 2 aliphatic rings. The van der Waals surface area contributed by atoms with Crippen molar-refractivity contribution >= 4 is 11.6 Å². The smallest absolute Gasteiger partial charge is 0.230 e. The minimum Gasteiger partial charge on any atom is -0.373 e. The molecule has 2 saturated heterocycles. The zero-order valence-corrected chi connectivity index (χ0v) is 16.1. The van der Waals surface area contributed by atoms with Crippen LogP contribution < -0.4 is 5.32 Å². The van der Waals surface area contributed by atoms with E-state index in [9.17, 15) is 13.6 Å². The summed E-state index contributed by atoms with van der Waals surface area (Å²) in [7, 11) is 0. The lowest BCUT2D eigenvalue weighted by molar-refractivity contribution is -0.121. The molecule has 3 aromatic rings. The summed E-state index contributed by atoms with van der Waals surface area (Å²) in [5.41, 5.74) is 1.51. The molecule has 30 heavy (non-hydrogen) atoms. The van der Waals surface area contributed by atoms with Gasteiger partial charge in [0.25, 0.3) is 0 Å². The lowest BCUT2D eigenvalue weighted by atomic mass is 9.76. The van der Waals surface area contributed by atoms with Crippen LogP contribution in [0.25, 0.3) is 11.1 Å². The van der Waals surface area contributed by atoms with Crippen LogP contribution in [0.1, 0.15) is 24.5 Å². The largest absolute Gasteiger partial charge is 0.373 e. The Hall–Kier alpha value is -3.12. The molecule has 2 fully saturated rings. The number of anilines is 1. The third-order valence-electron chi connectivity index (χ3n) is 6.01. The van der Waals surface area contributed by atoms with Crippen molar-refractivity contribution in [3.05, 3.63) is 84.2 Å². The fraction of sp³-hybridized carbons (Fsp3) is 0.250. The molecule has 0 radical (unpaired) electrons. The maximum atomic E-state index is 14.7. The first-order valence-corrected chi connectivity index (χ1v) is 10.0. The Morgan fingerprint density at radius 2 is 1.70 bits per heavy atom. The van der Waals surface area contributed by atoms with Gasteiger partial charge in [-0.2, -0.15) is 0 Å². The van der Waals surface area contributed by atoms with Gasteiger partial charge >= 0.3 is 0 Å². The van der Waals surface area contributed by atoms with Crippen molar-refractivity contribution in [1.82, 2.24) is 4.98 Å². The van der Waals surface area contributed by atoms with Crippen LogP contribution in [-0.4, -0.2) is 23.1 Å². The van der Waals surface area contributed by atoms with Crippen molar-refractivity contribution in [3.8, 4) is 11.1 Å². The molecule has 152 valence electrons. The first kappa shape index (κ1) is 18.9. The number of nitrogens with zero attached hydrogens (tertiary/aromatic N) is 1. The number of halogens is 2. The van der Waals surface area contributed by atoms with E-state index < -0.39 is 11.6 Å². The molecule has 2 aromatic carbocycles. The van der Waals surface area contributed by atoms with Crippen LogP contribution in [0, 0.1) is 17.6 Å². The molecule has 6 heteroatoms. The van der Waals surface area contributed by atoms with Gasteiger partial charge in [0, 0.05) is 34.6 Å². The minimum absolute atomic E-state index is 0.0270. The van der Waals surface area contributed by atoms with E-state index in [4.69, 9.17) is 4.74 Å². The third-order valence-corrected chi connectivity index (χ3v) is 6.01. The highest BCUT2D eigenvalue weighted by Gasteiger charge is 2.53. The summed E-state index contributed by atoms with van der Waals surface area (Å²) < 4.78 is 34.7. The predicted octanol–water partition coefficient (Wildman–Crippen LogP) is 4.93. The second kappa shape index (κ2) is 7.61. The van der Waals surface area contributed by atoms with Gasteiger partial charge in [-0.15, -0.1) is 0 Å². The molecule has 1 amide bonds. The van der Waals surface area contributed by atoms with Gasteiger partial charge < -0.3 is 10.1 Å². The van der Waals surface area contributed by atoms with Crippen molar-refractivity contribution in [2.75, 3.05) is 5.32 Å². The van der Waals surface area contributed by atoms with Gasteiger partial charge in [0.05, 0.1) is 18.1 Å². The number of aromatic nitrogens is 1. The lowest BCUT2D eigenvalue weighted by Gasteiger charge is -2.26. The molecule has 1 aromatic heterocycles. The Morgan fingerprint density at radius 3 is 2.47 bits per heavy atom. The van der Waals surface area contributed by atoms with Gasteiger partial charge in [-0.3, -0.25) is 9.78 Å². The van der Waals surface area contributed by atoms with Gasteiger partial charge in [0.15, 0.2) is 0 Å². The first-order chi connectivity index (χ1) is 14.6. The van der Waals surface area contributed by atoms with E-state index in [1.54, 1.807) is 24.4 Å². The van der Waals surface area contributed by atoms with E-state index in [0.29, 0.717) is 5.69 Å². The summed E-state index contributed by atoms with van der Waals surface area (Å²) in [6, 6.07) is 16.0. The van der Waals surface area contributed by atoms with Gasteiger partial charge in [-0.1, -0.05) is 24.3 Å². The Morgan fingerprint density at radius 1 is 0.933 bits per heavy atom. The summed E-state index contributed by atoms with van der Waals surface area (Å²) in [4.78, 5) is 17.5. The molecule has 0 spiro atoms. The summed E-state index contributed by atoms with van der Waals surface area (Å²) in [5, 5.41) is 2.82. The average molecular weight is 406 g/mol. The number of ether oxygens (including phenoxy) is 1. The van der Waals surface area contributed by atoms with E-state index >= 15 is 0 Å². The lowest BCUT2D eigenvalue weighted by Crippen LogP contribution is -2.36. The van der Waals surface area contributed by atoms with Crippen molar-refractivity contribution in [2.45, 2.75) is 31.0 Å². The van der Waals surface area contributed by atoms with Crippen LogP contribution in [0.2, 0.25) is 0 Å². The van der Waals surface area contributed by atoms with Crippen molar-refractivity contribution in [3.63, 3.8) is 0 Å². The van der Waals surface area contributed by atoms with Crippen LogP contribution in [0.15, 0.2) is 66.9 Å². The number of hydrogen-bond donors (Lipinski definition) is 1. The van der Waals surface area contributed by atoms with Gasteiger partial charge in [-0.25, -0.2) is 8.78 Å². The van der Waals surface area contributed by atoms with Crippen LogP contribution >= 0.6 is 0 Å². The molecule has 4 unspecified atom stereocenters. The van der Waals surface area contributed by atoms with E-state index in [0.717, 1.165) is 18.5 Å². The van der Waals surface area contributed by atoms with Crippen LogP contribution in [-0.2, 0) is 9.53 Å². The molecule has 5 rings (SSSR count). The number of hydrogen-bond acceptors (Lipinski definition) is 3. The molecule has 3 heterocycles. The number of carbonyl (C=O) groups is 1. The van der Waals surface area contributed by atoms with Crippen LogP contribution in [0.4, 0.5) is 14.5 Å². The summed E-state index contributed by atoms with van der Waals surface area (Å²) in [6.45, 7) is 0. The van der Waals surface area contributed by atoms with E-state index in [-0.39, 0.29) is 41.1 Å². The highest BCUT2D eigenvalue weighted by atomic mass is 19.1. The Bertz CT molecular complexity index is 1090. The monoisotopic (exact) mass is 406 g/mol. The van der Waals surface area contributed by atoms with Crippen LogP contribution in [0.5, 0.6) is 0 Å². The van der Waals surface area contributed by atoms with Crippen molar-refractivity contribution in [2.24, 2.45) is 5.92 Å². The van der Waals surface area contributed by atoms with E-state index in [1.165, 1.54) is 24.3 Å². The molecule has 2 aliphatic heterocycles. The summed E-state index contributed by atoms with van der Waals surface area (Å²) >= 11 is 0. The Labute approximate surface area is 172 Å². The SMILES string of the molecule is O=C(Nc1ccc(-c2ccccc2F)c(F)c1)C1C2CCC(O2)C1c1ccccn1.